The minimum Gasteiger partial charge on any atom is -0.497 e. The molecule has 0 aliphatic carbocycles. The van der Waals surface area contributed by atoms with Crippen LogP contribution in [0, 0.1) is 6.92 Å². The number of hydrogen-bond donors (Lipinski definition) is 1. The Morgan fingerprint density at radius 3 is 2.96 bits per heavy atom. The molecule has 2 aromatic carbocycles. The Hall–Kier alpha value is -3.15. The second-order valence-electron chi connectivity index (χ2n) is 5.30. The van der Waals surface area contributed by atoms with Gasteiger partial charge in [-0.2, -0.15) is 5.10 Å². The predicted octanol–water partition coefficient (Wildman–Crippen LogP) is 2.50. The van der Waals surface area contributed by atoms with Gasteiger partial charge in [-0.1, -0.05) is 24.3 Å². The van der Waals surface area contributed by atoms with E-state index in [1.165, 1.54) is 0 Å². The third-order valence-corrected chi connectivity index (χ3v) is 3.64. The highest BCUT2D eigenvalue weighted by molar-refractivity contribution is 5.84. The van der Waals surface area contributed by atoms with Gasteiger partial charge in [0.2, 0.25) is 0 Å². The van der Waals surface area contributed by atoms with Gasteiger partial charge in [-0.15, -0.1) is 0 Å². The number of nitrogens with one attached hydrogen (secondary N) is 1. The van der Waals surface area contributed by atoms with E-state index in [1.807, 2.05) is 60.0 Å². The number of amides is 1. The molecule has 1 amide bonds. The largest absolute Gasteiger partial charge is 0.497 e. The lowest BCUT2D eigenvalue weighted by atomic mass is 10.2. The van der Waals surface area contributed by atoms with E-state index in [1.54, 1.807) is 13.3 Å². The van der Waals surface area contributed by atoms with Crippen LogP contribution in [0.2, 0.25) is 0 Å². The number of hydrazone groups is 1. The van der Waals surface area contributed by atoms with Gasteiger partial charge in [-0.25, -0.2) is 10.4 Å². The zero-order valence-corrected chi connectivity index (χ0v) is 13.6. The molecule has 3 aromatic rings. The standard InChI is InChI=1S/C18H18N4O2/c1-13-20-16-8-3-4-9-17(16)22(13)12-18(23)21-19-11-14-6-5-7-15(10-14)24-2/h3-11H,12H2,1-2H3,(H,21,23)/b19-11+. The Bertz CT molecular complexity index is 899. The van der Waals surface area contributed by atoms with Gasteiger partial charge >= 0.3 is 0 Å². The van der Waals surface area contributed by atoms with Crippen molar-refractivity contribution in [2.75, 3.05) is 7.11 Å². The summed E-state index contributed by atoms with van der Waals surface area (Å²) in [5.74, 6) is 1.33. The fourth-order valence-corrected chi connectivity index (χ4v) is 2.48. The van der Waals surface area contributed by atoms with Gasteiger partial charge in [0.05, 0.1) is 24.4 Å². The van der Waals surface area contributed by atoms with Gasteiger partial charge in [-0.05, 0) is 36.8 Å². The van der Waals surface area contributed by atoms with Gasteiger partial charge in [0, 0.05) is 0 Å². The number of aryl methyl sites for hydroxylation is 1. The van der Waals surface area contributed by atoms with Crippen molar-refractivity contribution in [1.82, 2.24) is 15.0 Å². The molecule has 0 radical (unpaired) electrons. The second-order valence-corrected chi connectivity index (χ2v) is 5.30. The van der Waals surface area contributed by atoms with Crippen molar-refractivity contribution < 1.29 is 9.53 Å². The molecule has 0 aliphatic heterocycles. The van der Waals surface area contributed by atoms with Crippen LogP contribution in [0.15, 0.2) is 53.6 Å². The molecule has 1 heterocycles. The lowest BCUT2D eigenvalue weighted by molar-refractivity contribution is -0.121. The van der Waals surface area contributed by atoms with Crippen molar-refractivity contribution >= 4 is 23.2 Å². The maximum absolute atomic E-state index is 12.1. The summed E-state index contributed by atoms with van der Waals surface area (Å²) in [4.78, 5) is 16.6. The van der Waals surface area contributed by atoms with Crippen molar-refractivity contribution in [3.63, 3.8) is 0 Å². The monoisotopic (exact) mass is 322 g/mol. The molecule has 24 heavy (non-hydrogen) atoms. The number of imidazole rings is 1. The molecule has 0 saturated heterocycles. The highest BCUT2D eigenvalue weighted by atomic mass is 16.5. The number of aromatic nitrogens is 2. The van der Waals surface area contributed by atoms with Crippen LogP contribution in [-0.2, 0) is 11.3 Å². The minimum atomic E-state index is -0.208. The van der Waals surface area contributed by atoms with E-state index in [2.05, 4.69) is 15.5 Å². The summed E-state index contributed by atoms with van der Waals surface area (Å²) in [7, 11) is 1.61. The molecule has 0 spiro atoms. The maximum atomic E-state index is 12.1. The Balaban J connectivity index is 1.67. The van der Waals surface area contributed by atoms with Crippen molar-refractivity contribution in [1.29, 1.82) is 0 Å². The molecule has 3 rings (SSSR count). The fraction of sp³-hybridized carbons (Fsp3) is 0.167. The average molecular weight is 322 g/mol. The number of benzene rings is 2. The first-order chi connectivity index (χ1) is 11.7. The zero-order valence-electron chi connectivity index (χ0n) is 13.6. The highest BCUT2D eigenvalue weighted by Gasteiger charge is 2.09. The summed E-state index contributed by atoms with van der Waals surface area (Å²) in [6.45, 7) is 2.05. The lowest BCUT2D eigenvalue weighted by Crippen LogP contribution is -2.23. The molecule has 122 valence electrons. The van der Waals surface area contributed by atoms with E-state index in [-0.39, 0.29) is 12.5 Å². The number of ether oxygens (including phenoxy) is 1. The molecule has 0 bridgehead atoms. The van der Waals surface area contributed by atoms with Crippen LogP contribution >= 0.6 is 0 Å². The van der Waals surface area contributed by atoms with Crippen LogP contribution in [0.25, 0.3) is 11.0 Å². The summed E-state index contributed by atoms with van der Waals surface area (Å²) in [6.07, 6.45) is 1.58. The zero-order chi connectivity index (χ0) is 16.9. The summed E-state index contributed by atoms with van der Waals surface area (Å²) in [5, 5.41) is 3.99. The Morgan fingerprint density at radius 2 is 2.12 bits per heavy atom. The molecule has 0 atom stereocenters. The maximum Gasteiger partial charge on any atom is 0.260 e. The first-order valence-corrected chi connectivity index (χ1v) is 7.55. The van der Waals surface area contributed by atoms with E-state index in [9.17, 15) is 4.79 Å². The molecule has 0 unspecified atom stereocenters. The van der Waals surface area contributed by atoms with Crippen LogP contribution < -0.4 is 10.2 Å². The van der Waals surface area contributed by atoms with Crippen LogP contribution in [0.4, 0.5) is 0 Å². The fourth-order valence-electron chi connectivity index (χ4n) is 2.48. The van der Waals surface area contributed by atoms with Crippen molar-refractivity contribution in [3.05, 3.63) is 59.9 Å². The van der Waals surface area contributed by atoms with Crippen LogP contribution in [0.1, 0.15) is 11.4 Å². The number of fused-ring (bicyclic) bond motifs is 1. The normalized spacial score (nSPS) is 11.1. The molecule has 0 aliphatic rings. The number of hydrogen-bond acceptors (Lipinski definition) is 4. The van der Waals surface area contributed by atoms with E-state index < -0.39 is 0 Å². The minimum absolute atomic E-state index is 0.168. The number of carbonyl (C=O) groups is 1. The molecule has 6 heteroatoms. The molecular formula is C18H18N4O2. The van der Waals surface area contributed by atoms with E-state index in [0.29, 0.717) is 0 Å². The van der Waals surface area contributed by atoms with E-state index in [4.69, 9.17) is 4.74 Å². The first kappa shape index (κ1) is 15.7. The summed E-state index contributed by atoms with van der Waals surface area (Å²) >= 11 is 0. The quantitative estimate of drug-likeness (QED) is 0.580. The molecule has 6 nitrogen and oxygen atoms in total. The highest BCUT2D eigenvalue weighted by Crippen LogP contribution is 2.15. The summed E-state index contributed by atoms with van der Waals surface area (Å²) in [5.41, 5.74) is 5.20. The van der Waals surface area contributed by atoms with E-state index >= 15 is 0 Å². The second kappa shape index (κ2) is 6.95. The first-order valence-electron chi connectivity index (χ1n) is 7.55. The predicted molar refractivity (Wildman–Crippen MR) is 93.2 cm³/mol. The molecule has 0 fully saturated rings. The van der Waals surface area contributed by atoms with Crippen LogP contribution in [0.3, 0.4) is 0 Å². The lowest BCUT2D eigenvalue weighted by Gasteiger charge is -2.05. The number of para-hydroxylation sites is 2. The number of nitrogens with zero attached hydrogens (tertiary/aromatic N) is 3. The number of methoxy groups -OCH3 is 1. The van der Waals surface area contributed by atoms with Gasteiger partial charge in [-0.3, -0.25) is 4.79 Å². The van der Waals surface area contributed by atoms with E-state index in [0.717, 1.165) is 28.2 Å². The number of carbonyl (C=O) groups excluding carboxylic acids is 1. The van der Waals surface area contributed by atoms with Crippen LogP contribution in [0.5, 0.6) is 5.75 Å². The van der Waals surface area contributed by atoms with Gasteiger partial charge < -0.3 is 9.30 Å². The van der Waals surface area contributed by atoms with Crippen molar-refractivity contribution in [2.45, 2.75) is 13.5 Å². The smallest absolute Gasteiger partial charge is 0.260 e. The topological polar surface area (TPSA) is 68.5 Å². The number of rotatable bonds is 5. The van der Waals surface area contributed by atoms with Gasteiger partial charge in [0.1, 0.15) is 18.1 Å². The van der Waals surface area contributed by atoms with Crippen molar-refractivity contribution in [2.24, 2.45) is 5.10 Å². The average Bonchev–Trinajstić information content (AvgIpc) is 2.91. The Morgan fingerprint density at radius 1 is 1.29 bits per heavy atom. The summed E-state index contributed by atoms with van der Waals surface area (Å²) < 4.78 is 7.01. The molecular weight excluding hydrogens is 304 g/mol. The third-order valence-electron chi connectivity index (χ3n) is 3.64. The van der Waals surface area contributed by atoms with Gasteiger partial charge in [0.25, 0.3) is 5.91 Å². The molecule has 0 saturated carbocycles. The van der Waals surface area contributed by atoms with Crippen molar-refractivity contribution in [3.8, 4) is 5.75 Å². The molecule has 1 aromatic heterocycles. The SMILES string of the molecule is COc1cccc(/C=N/NC(=O)Cn2c(C)nc3ccccc32)c1. The third kappa shape index (κ3) is 3.43. The van der Waals surface area contributed by atoms with Gasteiger partial charge in [0.15, 0.2) is 0 Å². The molecule has 1 N–H and O–H groups in total. The Labute approximate surface area is 139 Å². The summed E-state index contributed by atoms with van der Waals surface area (Å²) in [6, 6.07) is 15.2. The Kier molecular flexibility index (Phi) is 4.56. The van der Waals surface area contributed by atoms with Crippen LogP contribution in [-0.4, -0.2) is 28.8 Å².